The molecule has 102 valence electrons. The molecular formula is C14H15N5O. The zero-order valence-electron chi connectivity index (χ0n) is 11.4. The van der Waals surface area contributed by atoms with Crippen LogP contribution in [-0.2, 0) is 20.0 Å². The number of hydrogen-bond donors (Lipinski definition) is 0. The van der Waals surface area contributed by atoms with Crippen LogP contribution >= 0.6 is 0 Å². The predicted octanol–water partition coefficient (Wildman–Crippen LogP) is 1.14. The molecular weight excluding hydrogens is 254 g/mol. The summed E-state index contributed by atoms with van der Waals surface area (Å²) in [4.78, 5) is 21.0. The zero-order chi connectivity index (χ0) is 14.1. The summed E-state index contributed by atoms with van der Waals surface area (Å²) in [7, 11) is 1.78. The highest BCUT2D eigenvalue weighted by molar-refractivity contribution is 5.76. The van der Waals surface area contributed by atoms with Crippen molar-refractivity contribution in [3.63, 3.8) is 0 Å². The van der Waals surface area contributed by atoms with Crippen molar-refractivity contribution in [2.45, 2.75) is 19.9 Å². The number of aromatic nitrogens is 5. The van der Waals surface area contributed by atoms with Crippen molar-refractivity contribution in [2.75, 3.05) is 0 Å². The summed E-state index contributed by atoms with van der Waals surface area (Å²) in [6.45, 7) is 2.47. The van der Waals surface area contributed by atoms with Crippen LogP contribution in [0, 0.1) is 0 Å². The third-order valence-electron chi connectivity index (χ3n) is 3.29. The van der Waals surface area contributed by atoms with Crippen molar-refractivity contribution in [3.05, 3.63) is 52.5 Å². The average molecular weight is 269 g/mol. The van der Waals surface area contributed by atoms with Crippen LogP contribution in [0.25, 0.3) is 11.0 Å². The Balaban J connectivity index is 2.12. The summed E-state index contributed by atoms with van der Waals surface area (Å²) in [5.41, 5.74) is 2.99. The molecule has 0 radical (unpaired) electrons. The number of nitrogens with zero attached hydrogens (tertiary/aromatic N) is 5. The molecule has 3 aromatic rings. The summed E-state index contributed by atoms with van der Waals surface area (Å²) < 4.78 is 3.20. The number of rotatable bonds is 3. The Morgan fingerprint density at radius 3 is 2.90 bits per heavy atom. The van der Waals surface area contributed by atoms with Crippen molar-refractivity contribution < 1.29 is 0 Å². The van der Waals surface area contributed by atoms with Gasteiger partial charge in [-0.2, -0.15) is 5.10 Å². The fraction of sp³-hybridized carbons (Fsp3) is 0.286. The lowest BCUT2D eigenvalue weighted by Gasteiger charge is -2.05. The second kappa shape index (κ2) is 4.88. The monoisotopic (exact) mass is 269 g/mol. The van der Waals surface area contributed by atoms with Gasteiger partial charge in [0.05, 0.1) is 18.6 Å². The van der Waals surface area contributed by atoms with Gasteiger partial charge in [-0.25, -0.2) is 4.98 Å². The molecule has 0 amide bonds. The molecule has 3 aromatic heterocycles. The summed E-state index contributed by atoms with van der Waals surface area (Å²) in [6.07, 6.45) is 5.80. The highest BCUT2D eigenvalue weighted by atomic mass is 16.1. The second-order valence-electron chi connectivity index (χ2n) is 4.66. The van der Waals surface area contributed by atoms with Crippen LogP contribution in [0.1, 0.15) is 18.2 Å². The molecule has 0 atom stereocenters. The molecule has 6 heteroatoms. The van der Waals surface area contributed by atoms with Gasteiger partial charge in [0.1, 0.15) is 5.52 Å². The minimum absolute atomic E-state index is 0.0754. The van der Waals surface area contributed by atoms with Gasteiger partial charge in [-0.1, -0.05) is 13.0 Å². The quantitative estimate of drug-likeness (QED) is 0.715. The maximum Gasteiger partial charge on any atom is 0.279 e. The molecule has 0 bridgehead atoms. The first-order chi connectivity index (χ1) is 9.70. The van der Waals surface area contributed by atoms with E-state index in [1.54, 1.807) is 35.0 Å². The number of aryl methyl sites for hydroxylation is 2. The smallest absolute Gasteiger partial charge is 0.279 e. The lowest BCUT2D eigenvalue weighted by molar-refractivity contribution is 0.724. The van der Waals surface area contributed by atoms with Gasteiger partial charge in [0.25, 0.3) is 5.56 Å². The van der Waals surface area contributed by atoms with E-state index in [-0.39, 0.29) is 5.56 Å². The Bertz CT molecular complexity index is 804. The van der Waals surface area contributed by atoms with Crippen LogP contribution in [0.3, 0.4) is 0 Å². The van der Waals surface area contributed by atoms with Gasteiger partial charge < -0.3 is 0 Å². The van der Waals surface area contributed by atoms with Gasteiger partial charge in [0.2, 0.25) is 0 Å². The van der Waals surface area contributed by atoms with Crippen molar-refractivity contribution in [2.24, 2.45) is 7.05 Å². The number of pyridine rings is 1. The predicted molar refractivity (Wildman–Crippen MR) is 75.5 cm³/mol. The SMILES string of the molecule is CCc1nn(C)c2c(=O)n(Cc3cccnc3)cnc12. The maximum absolute atomic E-state index is 12.5. The van der Waals surface area contributed by atoms with Gasteiger partial charge >= 0.3 is 0 Å². The zero-order valence-corrected chi connectivity index (χ0v) is 11.4. The minimum Gasteiger partial charge on any atom is -0.293 e. The van der Waals surface area contributed by atoms with Crippen LogP contribution in [0.5, 0.6) is 0 Å². The molecule has 3 heterocycles. The van der Waals surface area contributed by atoms with Crippen molar-refractivity contribution in [1.29, 1.82) is 0 Å². The fourth-order valence-electron chi connectivity index (χ4n) is 2.30. The van der Waals surface area contributed by atoms with E-state index in [4.69, 9.17) is 0 Å². The van der Waals surface area contributed by atoms with Crippen LogP contribution in [-0.4, -0.2) is 24.3 Å². The van der Waals surface area contributed by atoms with E-state index in [0.29, 0.717) is 17.6 Å². The summed E-state index contributed by atoms with van der Waals surface area (Å²) in [5.74, 6) is 0. The van der Waals surface area contributed by atoms with E-state index in [9.17, 15) is 4.79 Å². The first-order valence-electron chi connectivity index (χ1n) is 6.50. The van der Waals surface area contributed by atoms with E-state index in [0.717, 1.165) is 17.7 Å². The number of fused-ring (bicyclic) bond motifs is 1. The van der Waals surface area contributed by atoms with Gasteiger partial charge in [-0.3, -0.25) is 19.0 Å². The first-order valence-corrected chi connectivity index (χ1v) is 6.50. The highest BCUT2D eigenvalue weighted by Gasteiger charge is 2.13. The van der Waals surface area contributed by atoms with Crippen LogP contribution in [0.2, 0.25) is 0 Å². The van der Waals surface area contributed by atoms with Crippen LogP contribution < -0.4 is 5.56 Å². The van der Waals surface area contributed by atoms with Gasteiger partial charge in [0.15, 0.2) is 5.52 Å². The third kappa shape index (κ3) is 1.99. The van der Waals surface area contributed by atoms with E-state index in [1.807, 2.05) is 19.1 Å². The molecule has 0 saturated carbocycles. The molecule has 0 aliphatic heterocycles. The van der Waals surface area contributed by atoms with Gasteiger partial charge in [0, 0.05) is 19.4 Å². The molecule has 20 heavy (non-hydrogen) atoms. The van der Waals surface area contributed by atoms with Gasteiger partial charge in [-0.15, -0.1) is 0 Å². The molecule has 6 nitrogen and oxygen atoms in total. The number of hydrogen-bond acceptors (Lipinski definition) is 4. The van der Waals surface area contributed by atoms with Gasteiger partial charge in [-0.05, 0) is 18.1 Å². The second-order valence-corrected chi connectivity index (χ2v) is 4.66. The van der Waals surface area contributed by atoms with Crippen LogP contribution in [0.15, 0.2) is 35.6 Å². The normalized spacial score (nSPS) is 11.1. The standard InChI is InChI=1S/C14H15N5O/c1-3-11-12-13(18(2)17-11)14(20)19(9-16-12)8-10-5-4-6-15-7-10/h4-7,9H,3,8H2,1-2H3. The molecule has 0 unspecified atom stereocenters. The largest absolute Gasteiger partial charge is 0.293 e. The Morgan fingerprint density at radius 1 is 1.35 bits per heavy atom. The molecule has 3 rings (SSSR count). The molecule has 0 N–H and O–H groups in total. The molecule has 0 aromatic carbocycles. The lowest BCUT2D eigenvalue weighted by atomic mass is 10.2. The highest BCUT2D eigenvalue weighted by Crippen LogP contribution is 2.12. The molecule has 0 saturated heterocycles. The fourth-order valence-corrected chi connectivity index (χ4v) is 2.30. The average Bonchev–Trinajstić information content (AvgIpc) is 2.80. The third-order valence-corrected chi connectivity index (χ3v) is 3.29. The van der Waals surface area contributed by atoms with Crippen molar-refractivity contribution >= 4 is 11.0 Å². The van der Waals surface area contributed by atoms with E-state index in [1.165, 1.54) is 0 Å². The van der Waals surface area contributed by atoms with Crippen molar-refractivity contribution in [3.8, 4) is 0 Å². The first kappa shape index (κ1) is 12.5. The lowest BCUT2D eigenvalue weighted by Crippen LogP contribution is -2.22. The topological polar surface area (TPSA) is 65.6 Å². The molecule has 0 aliphatic carbocycles. The summed E-state index contributed by atoms with van der Waals surface area (Å²) in [6, 6.07) is 3.79. The maximum atomic E-state index is 12.5. The van der Waals surface area contributed by atoms with E-state index < -0.39 is 0 Å². The molecule has 0 spiro atoms. The Kier molecular flexibility index (Phi) is 3.06. The van der Waals surface area contributed by atoms with Crippen molar-refractivity contribution in [1.82, 2.24) is 24.3 Å². The van der Waals surface area contributed by atoms with Crippen LogP contribution in [0.4, 0.5) is 0 Å². The Hall–Kier alpha value is -2.50. The Labute approximate surface area is 115 Å². The minimum atomic E-state index is -0.0754. The van der Waals surface area contributed by atoms with E-state index >= 15 is 0 Å². The summed E-state index contributed by atoms with van der Waals surface area (Å²) in [5, 5.41) is 4.35. The summed E-state index contributed by atoms with van der Waals surface area (Å²) >= 11 is 0. The molecule has 0 aliphatic rings. The Morgan fingerprint density at radius 2 is 2.20 bits per heavy atom. The van der Waals surface area contributed by atoms with E-state index in [2.05, 4.69) is 15.1 Å². The molecule has 0 fully saturated rings.